The molecule has 3 atom stereocenters. The molecule has 5 heteroatoms. The normalized spacial score (nSPS) is 23.9. The predicted octanol–water partition coefficient (Wildman–Crippen LogP) is 2.99. The van der Waals surface area contributed by atoms with Crippen LogP contribution in [-0.2, 0) is 9.53 Å². The van der Waals surface area contributed by atoms with Gasteiger partial charge in [-0.05, 0) is 37.1 Å². The number of ether oxygens (including phenoxy) is 1. The van der Waals surface area contributed by atoms with Crippen molar-refractivity contribution in [2.75, 3.05) is 0 Å². The van der Waals surface area contributed by atoms with E-state index >= 15 is 0 Å². The van der Waals surface area contributed by atoms with Crippen LogP contribution in [-0.4, -0.2) is 24.0 Å². The van der Waals surface area contributed by atoms with Crippen molar-refractivity contribution in [3.05, 3.63) is 22.4 Å². The molecule has 0 unspecified atom stereocenters. The highest BCUT2D eigenvalue weighted by atomic mass is 32.1. The molecule has 1 heterocycles. The molecule has 1 N–H and O–H groups in total. The minimum atomic E-state index is -0.751. The largest absolute Gasteiger partial charge is 0.448 e. The summed E-state index contributed by atoms with van der Waals surface area (Å²) < 4.78 is 5.19. The Morgan fingerprint density at radius 1 is 1.40 bits per heavy atom. The second-order valence-corrected chi connectivity index (χ2v) is 6.35. The smallest absolute Gasteiger partial charge is 0.349 e. The second kappa shape index (κ2) is 6.88. The summed E-state index contributed by atoms with van der Waals surface area (Å²) in [6.45, 7) is 3.78. The van der Waals surface area contributed by atoms with Gasteiger partial charge in [0.25, 0.3) is 5.91 Å². The van der Waals surface area contributed by atoms with Gasteiger partial charge < -0.3 is 10.1 Å². The summed E-state index contributed by atoms with van der Waals surface area (Å²) in [6, 6.07) is 3.69. The Labute approximate surface area is 123 Å². The lowest BCUT2D eigenvalue weighted by Crippen LogP contribution is -2.45. The van der Waals surface area contributed by atoms with Crippen LogP contribution in [0.3, 0.4) is 0 Å². The zero-order chi connectivity index (χ0) is 14.5. The van der Waals surface area contributed by atoms with Gasteiger partial charge in [0.1, 0.15) is 4.88 Å². The zero-order valence-corrected chi connectivity index (χ0v) is 12.7. The van der Waals surface area contributed by atoms with Gasteiger partial charge in [-0.3, -0.25) is 4.79 Å². The molecular formula is C15H21NO3S. The van der Waals surface area contributed by atoms with Crippen LogP contribution in [0.25, 0.3) is 0 Å². The van der Waals surface area contributed by atoms with Crippen LogP contribution in [0, 0.1) is 5.92 Å². The first kappa shape index (κ1) is 15.0. The van der Waals surface area contributed by atoms with Crippen LogP contribution in [0.15, 0.2) is 17.5 Å². The number of hydrogen-bond donors (Lipinski definition) is 1. The van der Waals surface area contributed by atoms with E-state index in [1.165, 1.54) is 17.8 Å². The van der Waals surface area contributed by atoms with Gasteiger partial charge in [-0.15, -0.1) is 11.3 Å². The molecule has 1 aromatic rings. The predicted molar refractivity (Wildman–Crippen MR) is 78.8 cm³/mol. The van der Waals surface area contributed by atoms with Gasteiger partial charge in [-0.25, -0.2) is 4.79 Å². The summed E-state index contributed by atoms with van der Waals surface area (Å²) in [6.07, 6.45) is 3.79. The Kier molecular flexibility index (Phi) is 5.17. The van der Waals surface area contributed by atoms with E-state index in [1.54, 1.807) is 19.1 Å². The quantitative estimate of drug-likeness (QED) is 0.869. The first-order valence-electron chi connectivity index (χ1n) is 7.13. The van der Waals surface area contributed by atoms with Crippen molar-refractivity contribution in [2.24, 2.45) is 5.92 Å². The monoisotopic (exact) mass is 295 g/mol. The lowest BCUT2D eigenvalue weighted by Gasteiger charge is -2.30. The summed E-state index contributed by atoms with van der Waals surface area (Å²) in [5, 5.41) is 4.82. The summed E-state index contributed by atoms with van der Waals surface area (Å²) in [5.74, 6) is -0.138. The van der Waals surface area contributed by atoms with Crippen molar-refractivity contribution >= 4 is 23.2 Å². The molecule has 0 spiro atoms. The molecule has 0 aromatic carbocycles. The topological polar surface area (TPSA) is 55.4 Å². The average molecular weight is 295 g/mol. The van der Waals surface area contributed by atoms with Gasteiger partial charge in [-0.1, -0.05) is 25.8 Å². The van der Waals surface area contributed by atoms with Crippen LogP contribution >= 0.6 is 11.3 Å². The molecule has 1 amide bonds. The highest BCUT2D eigenvalue weighted by Crippen LogP contribution is 2.23. The van der Waals surface area contributed by atoms with Gasteiger partial charge in [0.2, 0.25) is 0 Å². The van der Waals surface area contributed by atoms with Crippen molar-refractivity contribution in [3.63, 3.8) is 0 Å². The van der Waals surface area contributed by atoms with E-state index in [-0.39, 0.29) is 11.9 Å². The molecule has 1 aromatic heterocycles. The number of carbonyl (C=O) groups excluding carboxylic acids is 2. The molecule has 0 saturated heterocycles. The fraction of sp³-hybridized carbons (Fsp3) is 0.600. The van der Waals surface area contributed by atoms with Crippen LogP contribution < -0.4 is 5.32 Å². The third-order valence-electron chi connectivity index (χ3n) is 3.81. The zero-order valence-electron chi connectivity index (χ0n) is 11.9. The van der Waals surface area contributed by atoms with E-state index in [2.05, 4.69) is 12.2 Å². The Bertz CT molecular complexity index is 458. The summed E-state index contributed by atoms with van der Waals surface area (Å²) in [5.41, 5.74) is 0. The van der Waals surface area contributed by atoms with E-state index in [0.717, 1.165) is 19.3 Å². The van der Waals surface area contributed by atoms with E-state index < -0.39 is 12.1 Å². The van der Waals surface area contributed by atoms with Crippen molar-refractivity contribution in [1.29, 1.82) is 0 Å². The van der Waals surface area contributed by atoms with Crippen molar-refractivity contribution < 1.29 is 14.3 Å². The third-order valence-corrected chi connectivity index (χ3v) is 4.66. The molecule has 1 aliphatic rings. The summed E-state index contributed by atoms with van der Waals surface area (Å²) in [7, 11) is 0. The molecule has 1 saturated carbocycles. The van der Waals surface area contributed by atoms with E-state index in [4.69, 9.17) is 4.74 Å². The molecule has 4 nitrogen and oxygen atoms in total. The Morgan fingerprint density at radius 2 is 2.15 bits per heavy atom. The van der Waals surface area contributed by atoms with Crippen LogP contribution in [0.2, 0.25) is 0 Å². The molecule has 0 bridgehead atoms. The van der Waals surface area contributed by atoms with Crippen LogP contribution in [0.4, 0.5) is 0 Å². The van der Waals surface area contributed by atoms with E-state index in [1.807, 2.05) is 5.38 Å². The lowest BCUT2D eigenvalue weighted by atomic mass is 9.86. The maximum absolute atomic E-state index is 12.1. The Morgan fingerprint density at radius 3 is 2.80 bits per heavy atom. The Balaban J connectivity index is 1.84. The van der Waals surface area contributed by atoms with Crippen molar-refractivity contribution in [1.82, 2.24) is 5.32 Å². The maximum atomic E-state index is 12.1. The fourth-order valence-electron chi connectivity index (χ4n) is 2.50. The number of thiophene rings is 1. The number of nitrogens with one attached hydrogen (secondary N) is 1. The second-order valence-electron chi connectivity index (χ2n) is 5.40. The first-order valence-corrected chi connectivity index (χ1v) is 8.00. The van der Waals surface area contributed by atoms with Gasteiger partial charge in [0.15, 0.2) is 6.10 Å². The van der Waals surface area contributed by atoms with Crippen molar-refractivity contribution in [2.45, 2.75) is 51.7 Å². The molecule has 20 heavy (non-hydrogen) atoms. The number of carbonyl (C=O) groups is 2. The third kappa shape index (κ3) is 3.82. The van der Waals surface area contributed by atoms with Crippen LogP contribution in [0.5, 0.6) is 0 Å². The molecule has 0 radical (unpaired) electrons. The Hall–Kier alpha value is -1.36. The number of hydrogen-bond acceptors (Lipinski definition) is 4. The molecule has 1 aliphatic carbocycles. The van der Waals surface area contributed by atoms with E-state index in [0.29, 0.717) is 10.8 Å². The van der Waals surface area contributed by atoms with Gasteiger partial charge in [0.05, 0.1) is 0 Å². The fourth-order valence-corrected chi connectivity index (χ4v) is 3.10. The molecule has 1 fully saturated rings. The van der Waals surface area contributed by atoms with Gasteiger partial charge in [0, 0.05) is 6.04 Å². The molecule has 110 valence electrons. The van der Waals surface area contributed by atoms with Gasteiger partial charge in [-0.2, -0.15) is 0 Å². The minimum Gasteiger partial charge on any atom is -0.448 e. The summed E-state index contributed by atoms with van der Waals surface area (Å²) in [4.78, 5) is 24.4. The first-order chi connectivity index (χ1) is 9.58. The maximum Gasteiger partial charge on any atom is 0.349 e. The average Bonchev–Trinajstić information content (AvgIpc) is 2.95. The number of amides is 1. The molecular weight excluding hydrogens is 274 g/mol. The molecule has 0 aliphatic heterocycles. The number of esters is 1. The lowest BCUT2D eigenvalue weighted by molar-refractivity contribution is -0.130. The highest BCUT2D eigenvalue weighted by molar-refractivity contribution is 7.11. The SMILES string of the molecule is C[C@H](OC(=O)c1cccs1)C(=O)N[C@H]1CCCC[C@H]1C. The highest BCUT2D eigenvalue weighted by Gasteiger charge is 2.26. The molecule has 2 rings (SSSR count). The minimum absolute atomic E-state index is 0.200. The van der Waals surface area contributed by atoms with E-state index in [9.17, 15) is 9.59 Å². The van der Waals surface area contributed by atoms with Gasteiger partial charge >= 0.3 is 5.97 Å². The van der Waals surface area contributed by atoms with Crippen molar-refractivity contribution in [3.8, 4) is 0 Å². The number of rotatable bonds is 4. The summed E-state index contributed by atoms with van der Waals surface area (Å²) >= 11 is 1.31. The standard InChI is InChI=1S/C15H21NO3S/c1-10-6-3-4-7-12(10)16-14(17)11(2)19-15(18)13-8-5-9-20-13/h5,8-12H,3-4,6-7H2,1-2H3,(H,16,17)/t10-,11+,12+/m1/s1. The van der Waals surface area contributed by atoms with Crippen LogP contribution in [0.1, 0.15) is 49.2 Å².